The lowest BCUT2D eigenvalue weighted by Gasteiger charge is -1.95. The molecule has 74 valence electrons. The predicted octanol–water partition coefficient (Wildman–Crippen LogP) is 3.54. The molecular formula is C13H11NS. The van der Waals surface area contributed by atoms with E-state index >= 15 is 0 Å². The van der Waals surface area contributed by atoms with Gasteiger partial charge in [-0.2, -0.15) is 0 Å². The van der Waals surface area contributed by atoms with Crippen LogP contribution in [0.5, 0.6) is 0 Å². The molecule has 0 amide bonds. The fraction of sp³-hybridized carbons (Fsp3) is 0. The first kappa shape index (κ1) is 9.99. The van der Waals surface area contributed by atoms with Crippen LogP contribution in [0.4, 0.5) is 0 Å². The smallest absolute Gasteiger partial charge is 0.0273 e. The summed E-state index contributed by atoms with van der Waals surface area (Å²) in [5.41, 5.74) is 2.30. The maximum atomic E-state index is 4.29. The van der Waals surface area contributed by atoms with Crippen LogP contribution in [0.2, 0.25) is 0 Å². The minimum atomic E-state index is 0.979. The Kier molecular flexibility index (Phi) is 3.20. The first-order valence-electron chi connectivity index (χ1n) is 4.72. The fourth-order valence-electron chi connectivity index (χ4n) is 1.30. The zero-order valence-electron chi connectivity index (χ0n) is 8.17. The molecule has 1 heterocycles. The molecule has 0 aliphatic heterocycles. The van der Waals surface area contributed by atoms with E-state index in [0.29, 0.717) is 0 Å². The molecule has 0 spiro atoms. The molecule has 0 atom stereocenters. The number of pyridine rings is 1. The van der Waals surface area contributed by atoms with Crippen LogP contribution < -0.4 is 0 Å². The van der Waals surface area contributed by atoms with Gasteiger partial charge < -0.3 is 0 Å². The van der Waals surface area contributed by atoms with Crippen molar-refractivity contribution < 1.29 is 0 Å². The van der Waals surface area contributed by atoms with Crippen molar-refractivity contribution in [3.8, 4) is 0 Å². The summed E-state index contributed by atoms with van der Waals surface area (Å²) < 4.78 is 0. The molecule has 0 unspecified atom stereocenters. The van der Waals surface area contributed by atoms with Gasteiger partial charge >= 0.3 is 0 Å². The largest absolute Gasteiger partial charge is 0.265 e. The van der Waals surface area contributed by atoms with Gasteiger partial charge in [-0.25, -0.2) is 0 Å². The molecule has 0 saturated carbocycles. The third-order valence-corrected chi connectivity index (χ3v) is 2.32. The van der Waals surface area contributed by atoms with Crippen LogP contribution >= 0.6 is 12.6 Å². The van der Waals surface area contributed by atoms with Gasteiger partial charge in [0.2, 0.25) is 0 Å². The van der Waals surface area contributed by atoms with E-state index in [1.54, 1.807) is 12.4 Å². The van der Waals surface area contributed by atoms with E-state index in [2.05, 4.69) is 35.8 Å². The molecule has 1 nitrogen and oxygen atoms in total. The highest BCUT2D eigenvalue weighted by Gasteiger charge is 1.88. The topological polar surface area (TPSA) is 12.9 Å². The maximum absolute atomic E-state index is 4.29. The van der Waals surface area contributed by atoms with Crippen LogP contribution in [-0.2, 0) is 0 Å². The maximum Gasteiger partial charge on any atom is 0.0273 e. The number of aromatic nitrogens is 1. The molecule has 1 aromatic carbocycles. The molecule has 0 bridgehead atoms. The molecule has 15 heavy (non-hydrogen) atoms. The Morgan fingerprint density at radius 3 is 2.40 bits per heavy atom. The van der Waals surface area contributed by atoms with Crippen molar-refractivity contribution >= 4 is 24.8 Å². The third kappa shape index (κ3) is 2.96. The normalized spacial score (nSPS) is 10.7. The minimum absolute atomic E-state index is 0.979. The summed E-state index contributed by atoms with van der Waals surface area (Å²) in [6.07, 6.45) is 7.70. The van der Waals surface area contributed by atoms with Crippen molar-refractivity contribution in [2.24, 2.45) is 0 Å². The molecule has 0 aliphatic rings. The van der Waals surface area contributed by atoms with E-state index in [-0.39, 0.29) is 0 Å². The molecule has 0 saturated heterocycles. The van der Waals surface area contributed by atoms with E-state index in [0.717, 1.165) is 16.0 Å². The van der Waals surface area contributed by atoms with E-state index in [4.69, 9.17) is 0 Å². The number of rotatable bonds is 2. The number of thiol groups is 1. The van der Waals surface area contributed by atoms with Crippen LogP contribution in [0, 0.1) is 0 Å². The van der Waals surface area contributed by atoms with Crippen molar-refractivity contribution in [2.75, 3.05) is 0 Å². The minimum Gasteiger partial charge on any atom is -0.265 e. The standard InChI is InChI=1S/C13H11NS/c15-13-3-1-2-12(10-13)5-4-11-6-8-14-9-7-11/h1-10,15H. The Balaban J connectivity index is 2.19. The van der Waals surface area contributed by atoms with Crippen LogP contribution in [0.25, 0.3) is 12.2 Å². The highest BCUT2D eigenvalue weighted by Crippen LogP contribution is 2.12. The molecule has 2 heteroatoms. The summed E-state index contributed by atoms with van der Waals surface area (Å²) in [7, 11) is 0. The molecule has 0 fully saturated rings. The van der Waals surface area contributed by atoms with Crippen molar-refractivity contribution in [1.29, 1.82) is 0 Å². The summed E-state index contributed by atoms with van der Waals surface area (Å²) in [4.78, 5) is 4.95. The predicted molar refractivity (Wildman–Crippen MR) is 66.9 cm³/mol. The molecule has 0 aliphatic carbocycles. The molecule has 2 aromatic rings. The van der Waals surface area contributed by atoms with Crippen molar-refractivity contribution in [2.45, 2.75) is 4.90 Å². The van der Waals surface area contributed by atoms with Crippen LogP contribution in [0.15, 0.2) is 53.7 Å². The third-order valence-electron chi connectivity index (χ3n) is 2.04. The summed E-state index contributed by atoms with van der Waals surface area (Å²) in [5.74, 6) is 0. The van der Waals surface area contributed by atoms with Gasteiger partial charge in [-0.15, -0.1) is 12.6 Å². The fourth-order valence-corrected chi connectivity index (χ4v) is 1.53. The van der Waals surface area contributed by atoms with Crippen LogP contribution in [-0.4, -0.2) is 4.98 Å². The number of nitrogens with zero attached hydrogens (tertiary/aromatic N) is 1. The van der Waals surface area contributed by atoms with E-state index in [9.17, 15) is 0 Å². The number of hydrogen-bond acceptors (Lipinski definition) is 2. The van der Waals surface area contributed by atoms with E-state index < -0.39 is 0 Å². The SMILES string of the molecule is Sc1cccc(C=Cc2ccncc2)c1. The van der Waals surface area contributed by atoms with Gasteiger partial charge in [-0.3, -0.25) is 4.98 Å². The molecule has 0 N–H and O–H groups in total. The Labute approximate surface area is 94.9 Å². The van der Waals surface area contributed by atoms with Gasteiger partial charge in [0.15, 0.2) is 0 Å². The lowest BCUT2D eigenvalue weighted by atomic mass is 10.1. The average Bonchev–Trinajstić information content (AvgIpc) is 2.28. The summed E-state index contributed by atoms with van der Waals surface area (Å²) in [6.45, 7) is 0. The summed E-state index contributed by atoms with van der Waals surface area (Å²) in [6, 6.07) is 12.0. The number of hydrogen-bond donors (Lipinski definition) is 1. The second-order valence-corrected chi connectivity index (χ2v) is 3.73. The monoisotopic (exact) mass is 213 g/mol. The van der Waals surface area contributed by atoms with Crippen LogP contribution in [0.3, 0.4) is 0 Å². The second-order valence-electron chi connectivity index (χ2n) is 3.21. The van der Waals surface area contributed by atoms with Gasteiger partial charge in [-0.1, -0.05) is 24.3 Å². The van der Waals surface area contributed by atoms with Gasteiger partial charge in [0.1, 0.15) is 0 Å². The van der Waals surface area contributed by atoms with Gasteiger partial charge in [0, 0.05) is 17.3 Å². The van der Waals surface area contributed by atoms with Gasteiger partial charge in [0.25, 0.3) is 0 Å². The van der Waals surface area contributed by atoms with Gasteiger partial charge in [-0.05, 0) is 35.4 Å². The first-order chi connectivity index (χ1) is 7.34. The zero-order valence-corrected chi connectivity index (χ0v) is 9.06. The lowest BCUT2D eigenvalue weighted by molar-refractivity contribution is 1.32. The quantitative estimate of drug-likeness (QED) is 0.753. The Morgan fingerprint density at radius 1 is 0.933 bits per heavy atom. The Morgan fingerprint density at radius 2 is 1.67 bits per heavy atom. The van der Waals surface area contributed by atoms with E-state index in [1.165, 1.54) is 0 Å². The molecule has 0 radical (unpaired) electrons. The van der Waals surface area contributed by atoms with Crippen LogP contribution in [0.1, 0.15) is 11.1 Å². The van der Waals surface area contributed by atoms with Gasteiger partial charge in [0.05, 0.1) is 0 Å². The van der Waals surface area contributed by atoms with Crippen molar-refractivity contribution in [3.63, 3.8) is 0 Å². The number of benzene rings is 1. The molecule has 2 rings (SSSR count). The molecular weight excluding hydrogens is 202 g/mol. The highest BCUT2D eigenvalue weighted by molar-refractivity contribution is 7.80. The second kappa shape index (κ2) is 4.80. The average molecular weight is 213 g/mol. The van der Waals surface area contributed by atoms with Crippen molar-refractivity contribution in [1.82, 2.24) is 4.98 Å². The Bertz CT molecular complexity index is 463. The lowest BCUT2D eigenvalue weighted by Crippen LogP contribution is -1.74. The first-order valence-corrected chi connectivity index (χ1v) is 5.16. The Hall–Kier alpha value is -1.54. The van der Waals surface area contributed by atoms with Crippen molar-refractivity contribution in [3.05, 3.63) is 59.9 Å². The zero-order chi connectivity index (χ0) is 10.5. The summed E-state index contributed by atoms with van der Waals surface area (Å²) >= 11 is 4.29. The summed E-state index contributed by atoms with van der Waals surface area (Å²) in [5, 5.41) is 0. The van der Waals surface area contributed by atoms with E-state index in [1.807, 2.05) is 30.3 Å². The highest BCUT2D eigenvalue weighted by atomic mass is 32.1. The molecule has 1 aromatic heterocycles.